The van der Waals surface area contributed by atoms with Gasteiger partial charge in [-0.2, -0.15) is 0 Å². The summed E-state index contributed by atoms with van der Waals surface area (Å²) < 4.78 is 50.4. The van der Waals surface area contributed by atoms with E-state index in [-0.39, 0.29) is 17.1 Å². The molecule has 0 radical (unpaired) electrons. The zero-order chi connectivity index (χ0) is 17.6. The molecule has 1 rings (SSSR count). The molecule has 128 valence electrons. The number of benzene rings is 1. The average Bonchev–Trinajstić information content (AvgIpc) is 2.47. The molecule has 4 nitrogen and oxygen atoms in total. The number of halogens is 2. The minimum atomic E-state index is -3.23. The van der Waals surface area contributed by atoms with Crippen LogP contribution in [0.1, 0.15) is 26.3 Å². The molecule has 1 amide bonds. The van der Waals surface area contributed by atoms with Gasteiger partial charge in [0.2, 0.25) is 5.91 Å². The maximum atomic E-state index is 13.5. The molecule has 1 unspecified atom stereocenters. The predicted molar refractivity (Wildman–Crippen MR) is 86.6 cm³/mol. The molecule has 7 heteroatoms. The summed E-state index contributed by atoms with van der Waals surface area (Å²) in [5.74, 6) is -2.17. The van der Waals surface area contributed by atoms with E-state index in [9.17, 15) is 22.0 Å². The molecule has 0 aromatic heterocycles. The zero-order valence-electron chi connectivity index (χ0n) is 13.4. The number of sulfone groups is 1. The van der Waals surface area contributed by atoms with Crippen molar-refractivity contribution in [3.8, 4) is 0 Å². The normalized spacial score (nSPS) is 13.3. The van der Waals surface area contributed by atoms with E-state index < -0.39 is 33.4 Å². The summed E-state index contributed by atoms with van der Waals surface area (Å²) in [7, 11) is -3.23. The molecular formula is C16H21F2NO3S. The topological polar surface area (TPSA) is 54.5 Å². The largest absolute Gasteiger partial charge is 0.336 e. The Balaban J connectivity index is 2.91. The van der Waals surface area contributed by atoms with Crippen molar-refractivity contribution < 1.29 is 22.0 Å². The van der Waals surface area contributed by atoms with Crippen molar-refractivity contribution in [1.29, 1.82) is 0 Å². The molecule has 0 aliphatic carbocycles. The molecule has 1 atom stereocenters. The average molecular weight is 345 g/mol. The lowest BCUT2D eigenvalue weighted by Crippen LogP contribution is -2.41. The van der Waals surface area contributed by atoms with Crippen molar-refractivity contribution in [3.63, 3.8) is 0 Å². The summed E-state index contributed by atoms with van der Waals surface area (Å²) in [5, 5.41) is 0. The van der Waals surface area contributed by atoms with Crippen LogP contribution in [0.15, 0.2) is 24.3 Å². The summed E-state index contributed by atoms with van der Waals surface area (Å²) in [6, 6.07) is 2.91. The number of likely N-dealkylation sites (N-methyl/N-ethyl adjacent to an activating group) is 1. The van der Waals surface area contributed by atoms with Crippen LogP contribution < -0.4 is 0 Å². The van der Waals surface area contributed by atoms with E-state index in [2.05, 4.69) is 0 Å². The highest BCUT2D eigenvalue weighted by Gasteiger charge is 2.22. The Bertz CT molecular complexity index is 666. The van der Waals surface area contributed by atoms with Gasteiger partial charge in [0.1, 0.15) is 11.6 Å². The number of carbonyl (C=O) groups excluding carboxylic acids is 1. The summed E-state index contributed by atoms with van der Waals surface area (Å²) in [6.07, 6.45) is 2.12. The molecule has 0 fully saturated rings. The van der Waals surface area contributed by atoms with Crippen LogP contribution in [0.4, 0.5) is 8.78 Å². The monoisotopic (exact) mass is 345 g/mol. The van der Waals surface area contributed by atoms with Crippen LogP contribution in [0.2, 0.25) is 0 Å². The Labute approximate surface area is 135 Å². The molecule has 1 aromatic rings. The second-order valence-electron chi connectivity index (χ2n) is 5.14. The van der Waals surface area contributed by atoms with Crippen LogP contribution in [0, 0.1) is 11.6 Å². The van der Waals surface area contributed by atoms with Crippen molar-refractivity contribution in [3.05, 3.63) is 41.5 Å². The minimum Gasteiger partial charge on any atom is -0.336 e. The Morgan fingerprint density at radius 1 is 1.26 bits per heavy atom. The van der Waals surface area contributed by atoms with Crippen LogP contribution in [0.5, 0.6) is 0 Å². The fourth-order valence-corrected chi connectivity index (χ4v) is 3.33. The van der Waals surface area contributed by atoms with Gasteiger partial charge < -0.3 is 4.90 Å². The standard InChI is InChI=1S/C16H21F2NO3S/c1-4-19(12(3)11-23(21,22)5-2)16(20)10-9-13-14(17)7-6-8-15(13)18/h6-10,12H,4-5,11H2,1-3H3/b10-9+. The summed E-state index contributed by atoms with van der Waals surface area (Å²) in [4.78, 5) is 13.5. The Morgan fingerprint density at radius 3 is 2.30 bits per heavy atom. The molecule has 0 aliphatic rings. The number of hydrogen-bond acceptors (Lipinski definition) is 3. The van der Waals surface area contributed by atoms with E-state index in [0.29, 0.717) is 6.54 Å². The van der Waals surface area contributed by atoms with Crippen LogP contribution in [-0.4, -0.2) is 43.3 Å². The molecule has 0 saturated heterocycles. The molecule has 0 saturated carbocycles. The Morgan fingerprint density at radius 2 is 1.83 bits per heavy atom. The molecule has 0 bridgehead atoms. The van der Waals surface area contributed by atoms with Gasteiger partial charge in [-0.1, -0.05) is 13.0 Å². The van der Waals surface area contributed by atoms with Gasteiger partial charge in [-0.15, -0.1) is 0 Å². The van der Waals surface area contributed by atoms with Crippen molar-refractivity contribution in [1.82, 2.24) is 4.90 Å². The van der Waals surface area contributed by atoms with Crippen LogP contribution in [0.25, 0.3) is 6.08 Å². The predicted octanol–water partition coefficient (Wildman–Crippen LogP) is 2.65. The van der Waals surface area contributed by atoms with E-state index in [1.807, 2.05) is 0 Å². The van der Waals surface area contributed by atoms with Crippen LogP contribution in [0.3, 0.4) is 0 Å². The molecule has 0 spiro atoms. The lowest BCUT2D eigenvalue weighted by atomic mass is 10.1. The summed E-state index contributed by atoms with van der Waals surface area (Å²) in [6.45, 7) is 5.18. The highest BCUT2D eigenvalue weighted by molar-refractivity contribution is 7.91. The fraction of sp³-hybridized carbons (Fsp3) is 0.438. The number of carbonyl (C=O) groups is 1. The number of hydrogen-bond donors (Lipinski definition) is 0. The lowest BCUT2D eigenvalue weighted by Gasteiger charge is -2.26. The van der Waals surface area contributed by atoms with Crippen molar-refractivity contribution >= 4 is 21.8 Å². The van der Waals surface area contributed by atoms with Gasteiger partial charge in [-0.25, -0.2) is 17.2 Å². The second-order valence-corrected chi connectivity index (χ2v) is 7.54. The summed E-state index contributed by atoms with van der Waals surface area (Å²) in [5.41, 5.74) is -0.300. The molecule has 1 aromatic carbocycles. The van der Waals surface area contributed by atoms with Gasteiger partial charge in [-0.3, -0.25) is 4.79 Å². The number of nitrogens with zero attached hydrogens (tertiary/aromatic N) is 1. The highest BCUT2D eigenvalue weighted by Crippen LogP contribution is 2.14. The molecular weight excluding hydrogens is 324 g/mol. The molecule has 23 heavy (non-hydrogen) atoms. The van der Waals surface area contributed by atoms with E-state index in [0.717, 1.165) is 24.3 Å². The second kappa shape index (κ2) is 8.19. The molecule has 0 aliphatic heterocycles. The third-order valence-corrected chi connectivity index (χ3v) is 5.35. The lowest BCUT2D eigenvalue weighted by molar-refractivity contribution is -0.127. The van der Waals surface area contributed by atoms with Gasteiger partial charge in [-0.05, 0) is 32.1 Å². The van der Waals surface area contributed by atoms with E-state index in [1.165, 1.54) is 11.0 Å². The number of rotatable bonds is 7. The van der Waals surface area contributed by atoms with E-state index in [1.54, 1.807) is 20.8 Å². The highest BCUT2D eigenvalue weighted by atomic mass is 32.2. The van der Waals surface area contributed by atoms with Gasteiger partial charge in [0.05, 0.1) is 5.75 Å². The third kappa shape index (κ3) is 5.42. The van der Waals surface area contributed by atoms with E-state index in [4.69, 9.17) is 0 Å². The van der Waals surface area contributed by atoms with E-state index >= 15 is 0 Å². The molecule has 0 heterocycles. The maximum Gasteiger partial charge on any atom is 0.246 e. The first-order chi connectivity index (χ1) is 10.7. The minimum absolute atomic E-state index is 0.000633. The number of amides is 1. The fourth-order valence-electron chi connectivity index (χ4n) is 2.18. The van der Waals surface area contributed by atoms with Gasteiger partial charge in [0, 0.05) is 30.0 Å². The van der Waals surface area contributed by atoms with Crippen molar-refractivity contribution in [2.45, 2.75) is 26.8 Å². The van der Waals surface area contributed by atoms with Crippen molar-refractivity contribution in [2.75, 3.05) is 18.1 Å². The first-order valence-corrected chi connectivity index (χ1v) is 9.17. The third-order valence-electron chi connectivity index (χ3n) is 3.48. The Hall–Kier alpha value is -1.76. The van der Waals surface area contributed by atoms with Crippen LogP contribution in [-0.2, 0) is 14.6 Å². The zero-order valence-corrected chi connectivity index (χ0v) is 14.2. The summed E-state index contributed by atoms with van der Waals surface area (Å²) >= 11 is 0. The maximum absolute atomic E-state index is 13.5. The quantitative estimate of drug-likeness (QED) is 0.714. The molecule has 0 N–H and O–H groups in total. The first-order valence-electron chi connectivity index (χ1n) is 7.35. The van der Waals surface area contributed by atoms with Gasteiger partial charge >= 0.3 is 0 Å². The first kappa shape index (κ1) is 19.3. The SMILES string of the molecule is CCN(C(=O)/C=C/c1c(F)cccc1F)C(C)CS(=O)(=O)CC. The van der Waals surface area contributed by atoms with Gasteiger partial charge in [0.15, 0.2) is 9.84 Å². The smallest absolute Gasteiger partial charge is 0.246 e. The van der Waals surface area contributed by atoms with Crippen molar-refractivity contribution in [2.24, 2.45) is 0 Å². The van der Waals surface area contributed by atoms with Gasteiger partial charge in [0.25, 0.3) is 0 Å². The van der Waals surface area contributed by atoms with Crippen LogP contribution >= 0.6 is 0 Å². The Kier molecular flexibility index (Phi) is 6.87.